The Morgan fingerprint density at radius 3 is 2.83 bits per heavy atom. The average Bonchev–Trinajstić information content (AvgIpc) is 3.34. The van der Waals surface area contributed by atoms with E-state index in [1.807, 2.05) is 4.90 Å². The molecule has 6 heteroatoms. The van der Waals surface area contributed by atoms with Gasteiger partial charge >= 0.3 is 6.03 Å². The molecule has 2 amide bonds. The van der Waals surface area contributed by atoms with E-state index in [0.717, 1.165) is 63.5 Å². The number of hydrogen-bond acceptors (Lipinski definition) is 3. The lowest BCUT2D eigenvalue weighted by Crippen LogP contribution is -2.40. The molecular formula is C23H38N4O2. The molecule has 1 saturated carbocycles. The van der Waals surface area contributed by atoms with Gasteiger partial charge in [-0.2, -0.15) is 5.10 Å². The van der Waals surface area contributed by atoms with Gasteiger partial charge in [-0.1, -0.05) is 33.1 Å². The number of carbonyl (C=O) groups excluding carboxylic acids is 1. The third kappa shape index (κ3) is 4.79. The van der Waals surface area contributed by atoms with E-state index < -0.39 is 0 Å². The monoisotopic (exact) mass is 402 g/mol. The summed E-state index contributed by atoms with van der Waals surface area (Å²) in [6.07, 6.45) is 10.8. The zero-order chi connectivity index (χ0) is 20.2. The first-order chi connectivity index (χ1) is 14.1. The van der Waals surface area contributed by atoms with Crippen LogP contribution in [0.5, 0.6) is 0 Å². The van der Waals surface area contributed by atoms with Crippen LogP contribution in [0.4, 0.5) is 4.79 Å². The summed E-state index contributed by atoms with van der Waals surface area (Å²) >= 11 is 0. The number of aromatic nitrogens is 2. The van der Waals surface area contributed by atoms with Gasteiger partial charge in [-0.05, 0) is 43.9 Å². The van der Waals surface area contributed by atoms with E-state index in [4.69, 9.17) is 9.84 Å². The molecule has 162 valence electrons. The lowest BCUT2D eigenvalue weighted by Gasteiger charge is -2.25. The van der Waals surface area contributed by atoms with Crippen molar-refractivity contribution >= 4 is 6.03 Å². The van der Waals surface area contributed by atoms with Crippen LogP contribution in [0.15, 0.2) is 0 Å². The van der Waals surface area contributed by atoms with Crippen LogP contribution in [0.25, 0.3) is 0 Å². The highest BCUT2D eigenvalue weighted by molar-refractivity contribution is 5.75. The van der Waals surface area contributed by atoms with Crippen molar-refractivity contribution in [3.05, 3.63) is 17.0 Å². The van der Waals surface area contributed by atoms with Crippen molar-refractivity contribution in [1.29, 1.82) is 0 Å². The van der Waals surface area contributed by atoms with Crippen molar-refractivity contribution in [2.75, 3.05) is 19.7 Å². The van der Waals surface area contributed by atoms with Gasteiger partial charge in [-0.3, -0.25) is 4.68 Å². The van der Waals surface area contributed by atoms with Crippen LogP contribution in [-0.2, 0) is 24.3 Å². The second-order valence-electron chi connectivity index (χ2n) is 9.57. The van der Waals surface area contributed by atoms with E-state index in [0.29, 0.717) is 12.5 Å². The number of hydrogen-bond donors (Lipinski definition) is 1. The third-order valence-electron chi connectivity index (χ3n) is 6.91. The van der Waals surface area contributed by atoms with Crippen LogP contribution >= 0.6 is 0 Å². The summed E-state index contributed by atoms with van der Waals surface area (Å²) < 4.78 is 8.10. The summed E-state index contributed by atoms with van der Waals surface area (Å²) in [5.74, 6) is 1.35. The molecule has 1 aromatic rings. The summed E-state index contributed by atoms with van der Waals surface area (Å²) in [5.41, 5.74) is 3.73. The molecule has 6 nitrogen and oxygen atoms in total. The SMILES string of the molecule is CC(C)CCNC(=O)N1CCCC1c1nn(CC2CCCCC2)c2c1COCC2. The first kappa shape index (κ1) is 20.7. The van der Waals surface area contributed by atoms with Crippen LogP contribution < -0.4 is 5.32 Å². The lowest BCUT2D eigenvalue weighted by molar-refractivity contribution is 0.107. The molecule has 3 aliphatic rings. The maximum atomic E-state index is 12.9. The first-order valence-corrected chi connectivity index (χ1v) is 11.8. The zero-order valence-corrected chi connectivity index (χ0v) is 18.3. The molecular weight excluding hydrogens is 364 g/mol. The van der Waals surface area contributed by atoms with E-state index in [9.17, 15) is 4.79 Å². The number of amides is 2. The summed E-state index contributed by atoms with van der Waals surface area (Å²) in [5, 5.41) is 8.25. The second kappa shape index (κ2) is 9.50. The quantitative estimate of drug-likeness (QED) is 0.766. The number of nitrogens with zero attached hydrogens (tertiary/aromatic N) is 3. The Kier molecular flexibility index (Phi) is 6.78. The fourth-order valence-corrected chi connectivity index (χ4v) is 5.23. The largest absolute Gasteiger partial charge is 0.376 e. The van der Waals surface area contributed by atoms with Crippen LogP contribution in [0.2, 0.25) is 0 Å². The van der Waals surface area contributed by atoms with Crippen molar-refractivity contribution in [3.8, 4) is 0 Å². The molecule has 1 N–H and O–H groups in total. The van der Waals surface area contributed by atoms with Crippen LogP contribution in [0, 0.1) is 11.8 Å². The number of rotatable bonds is 6. The molecule has 2 fully saturated rings. The predicted molar refractivity (Wildman–Crippen MR) is 114 cm³/mol. The minimum atomic E-state index is 0.0699. The summed E-state index contributed by atoms with van der Waals surface area (Å²) in [4.78, 5) is 14.9. The highest BCUT2D eigenvalue weighted by Gasteiger charge is 2.36. The minimum absolute atomic E-state index is 0.0699. The van der Waals surface area contributed by atoms with Crippen molar-refractivity contribution in [2.45, 2.75) is 90.8 Å². The molecule has 1 aliphatic carbocycles. The second-order valence-corrected chi connectivity index (χ2v) is 9.57. The van der Waals surface area contributed by atoms with Gasteiger partial charge in [0, 0.05) is 37.3 Å². The maximum Gasteiger partial charge on any atom is 0.317 e. The van der Waals surface area contributed by atoms with Crippen LogP contribution in [0.3, 0.4) is 0 Å². The molecule has 1 unspecified atom stereocenters. The lowest BCUT2D eigenvalue weighted by atomic mass is 9.89. The highest BCUT2D eigenvalue weighted by atomic mass is 16.5. The van der Waals surface area contributed by atoms with E-state index >= 15 is 0 Å². The fraction of sp³-hybridized carbons (Fsp3) is 0.826. The van der Waals surface area contributed by atoms with Gasteiger partial charge in [0.1, 0.15) is 0 Å². The van der Waals surface area contributed by atoms with Crippen molar-refractivity contribution in [3.63, 3.8) is 0 Å². The summed E-state index contributed by atoms with van der Waals surface area (Å²) in [6.45, 7) is 8.42. The highest BCUT2D eigenvalue weighted by Crippen LogP contribution is 2.36. The molecule has 2 aliphatic heterocycles. The Balaban J connectivity index is 1.51. The molecule has 0 aromatic carbocycles. The molecule has 0 bridgehead atoms. The smallest absolute Gasteiger partial charge is 0.317 e. The first-order valence-electron chi connectivity index (χ1n) is 11.8. The van der Waals surface area contributed by atoms with Crippen molar-refractivity contribution in [2.24, 2.45) is 11.8 Å². The topological polar surface area (TPSA) is 59.4 Å². The number of likely N-dealkylation sites (tertiary alicyclic amines) is 1. The number of urea groups is 1. The Hall–Kier alpha value is -1.56. The van der Waals surface area contributed by atoms with Crippen LogP contribution in [0.1, 0.15) is 88.2 Å². The van der Waals surface area contributed by atoms with Gasteiger partial charge in [-0.15, -0.1) is 0 Å². The Morgan fingerprint density at radius 2 is 2.03 bits per heavy atom. The van der Waals surface area contributed by atoms with E-state index in [-0.39, 0.29) is 12.1 Å². The summed E-state index contributed by atoms with van der Waals surface area (Å²) in [6, 6.07) is 0.164. The Labute approximate surface area is 175 Å². The molecule has 1 aromatic heterocycles. The zero-order valence-electron chi connectivity index (χ0n) is 18.3. The van der Waals surface area contributed by atoms with E-state index in [1.165, 1.54) is 43.4 Å². The van der Waals surface area contributed by atoms with Crippen molar-refractivity contribution < 1.29 is 9.53 Å². The predicted octanol–water partition coefficient (Wildman–Crippen LogP) is 4.43. The molecule has 0 radical (unpaired) electrons. The van der Waals surface area contributed by atoms with Crippen LogP contribution in [-0.4, -0.2) is 40.4 Å². The average molecular weight is 403 g/mol. The number of ether oxygens (including phenoxy) is 1. The van der Waals surface area contributed by atoms with E-state index in [2.05, 4.69) is 23.8 Å². The molecule has 1 atom stereocenters. The van der Waals surface area contributed by atoms with Gasteiger partial charge in [0.2, 0.25) is 0 Å². The summed E-state index contributed by atoms with van der Waals surface area (Å²) in [7, 11) is 0. The number of carbonyl (C=O) groups is 1. The number of fused-ring (bicyclic) bond motifs is 1. The Morgan fingerprint density at radius 1 is 1.21 bits per heavy atom. The molecule has 0 spiro atoms. The van der Waals surface area contributed by atoms with Gasteiger partial charge < -0.3 is 15.0 Å². The molecule has 3 heterocycles. The standard InChI is InChI=1S/C23H38N4O2/c1-17(2)10-12-24-23(28)26-13-6-9-21(26)22-19-16-29-14-11-20(19)27(25-22)15-18-7-4-3-5-8-18/h17-18,21H,3-16H2,1-2H3,(H,24,28). The van der Waals surface area contributed by atoms with Gasteiger partial charge in [-0.25, -0.2) is 4.79 Å². The van der Waals surface area contributed by atoms with Gasteiger partial charge in [0.05, 0.1) is 24.9 Å². The van der Waals surface area contributed by atoms with Crippen molar-refractivity contribution in [1.82, 2.24) is 20.0 Å². The normalized spacial score (nSPS) is 22.9. The minimum Gasteiger partial charge on any atom is -0.376 e. The third-order valence-corrected chi connectivity index (χ3v) is 6.91. The van der Waals surface area contributed by atoms with E-state index in [1.54, 1.807) is 0 Å². The Bertz CT molecular complexity index is 693. The van der Waals surface area contributed by atoms with Gasteiger partial charge in [0.25, 0.3) is 0 Å². The fourth-order valence-electron chi connectivity index (χ4n) is 5.23. The molecule has 1 saturated heterocycles. The maximum absolute atomic E-state index is 12.9. The molecule has 29 heavy (non-hydrogen) atoms. The van der Waals surface area contributed by atoms with Gasteiger partial charge in [0.15, 0.2) is 0 Å². The molecule has 4 rings (SSSR count). The number of nitrogens with one attached hydrogen (secondary N) is 1.